The average molecular weight is 266 g/mol. The molecule has 0 spiro atoms. The summed E-state index contributed by atoms with van der Waals surface area (Å²) in [5.74, 6) is -0.272. The van der Waals surface area contributed by atoms with Crippen molar-refractivity contribution in [3.05, 3.63) is 34.2 Å². The van der Waals surface area contributed by atoms with Crippen molar-refractivity contribution in [2.75, 3.05) is 26.8 Å². The molecule has 0 atom stereocenters. The van der Waals surface area contributed by atoms with Gasteiger partial charge < -0.3 is 19.7 Å². The Labute approximate surface area is 111 Å². The maximum Gasteiger partial charge on any atom is 0.253 e. The number of H-pyrrole nitrogens is 1. The molecule has 2 heterocycles. The molecule has 2 rings (SSSR count). The molecule has 1 aliphatic heterocycles. The van der Waals surface area contributed by atoms with Gasteiger partial charge in [-0.25, -0.2) is 0 Å². The summed E-state index contributed by atoms with van der Waals surface area (Å²) in [6.45, 7) is 1.25. The number of ether oxygens (including phenoxy) is 1. The Kier molecular flexibility index (Phi) is 4.01. The van der Waals surface area contributed by atoms with Crippen LogP contribution in [0.15, 0.2) is 23.1 Å². The highest BCUT2D eigenvalue weighted by Crippen LogP contribution is 2.21. The van der Waals surface area contributed by atoms with Crippen LogP contribution in [0.4, 0.5) is 0 Å². The predicted molar refractivity (Wildman–Crippen MR) is 69.0 cm³/mol. The number of hydrogen-bond donors (Lipinski definition) is 2. The molecule has 6 nitrogen and oxygen atoms in total. The third-order valence-electron chi connectivity index (χ3n) is 3.32. The quantitative estimate of drug-likeness (QED) is 0.806. The third kappa shape index (κ3) is 3.42. The van der Waals surface area contributed by atoms with E-state index in [1.54, 1.807) is 13.1 Å². The summed E-state index contributed by atoms with van der Waals surface area (Å²) in [6, 6.07) is 2.81. The zero-order valence-electron chi connectivity index (χ0n) is 10.9. The Balaban J connectivity index is 2.05. The molecule has 0 saturated carbocycles. The van der Waals surface area contributed by atoms with Crippen molar-refractivity contribution in [2.45, 2.75) is 18.4 Å². The van der Waals surface area contributed by atoms with E-state index in [2.05, 4.69) is 4.98 Å². The minimum atomic E-state index is -0.899. The Morgan fingerprint density at radius 3 is 2.84 bits per heavy atom. The number of carbonyl (C=O) groups is 1. The van der Waals surface area contributed by atoms with E-state index in [1.807, 2.05) is 0 Å². The molecule has 1 aromatic rings. The molecule has 6 heteroatoms. The summed E-state index contributed by atoms with van der Waals surface area (Å²) < 4.78 is 5.20. The number of nitrogens with one attached hydrogen (secondary N) is 1. The maximum absolute atomic E-state index is 12.1. The van der Waals surface area contributed by atoms with E-state index in [-0.39, 0.29) is 18.0 Å². The van der Waals surface area contributed by atoms with Crippen molar-refractivity contribution >= 4 is 5.91 Å². The molecule has 1 aromatic heterocycles. The number of pyridine rings is 1. The summed E-state index contributed by atoms with van der Waals surface area (Å²) in [5, 5.41) is 10.4. The molecule has 0 radical (unpaired) electrons. The number of aromatic amines is 1. The molecule has 1 saturated heterocycles. The van der Waals surface area contributed by atoms with Gasteiger partial charge in [-0.1, -0.05) is 0 Å². The third-order valence-corrected chi connectivity index (χ3v) is 3.32. The lowest BCUT2D eigenvalue weighted by Crippen LogP contribution is -2.47. The molecular formula is C13H18N2O4. The summed E-state index contributed by atoms with van der Waals surface area (Å²) in [7, 11) is 1.62. The molecule has 104 valence electrons. The first-order chi connectivity index (χ1) is 9.00. The largest absolute Gasteiger partial charge is 0.388 e. The molecular weight excluding hydrogens is 248 g/mol. The number of rotatable bonds is 3. The molecule has 1 amide bonds. The Hall–Kier alpha value is -1.66. The monoisotopic (exact) mass is 266 g/mol. The van der Waals surface area contributed by atoms with E-state index in [1.165, 1.54) is 17.2 Å². The topological polar surface area (TPSA) is 82.6 Å². The molecule has 19 heavy (non-hydrogen) atoms. The van der Waals surface area contributed by atoms with Crippen molar-refractivity contribution in [3.63, 3.8) is 0 Å². The normalized spacial score (nSPS) is 18.0. The minimum absolute atomic E-state index is 0.238. The zero-order valence-corrected chi connectivity index (χ0v) is 10.9. The zero-order chi connectivity index (χ0) is 13.9. The summed E-state index contributed by atoms with van der Waals surface area (Å²) >= 11 is 0. The first-order valence-corrected chi connectivity index (χ1v) is 6.24. The van der Waals surface area contributed by atoms with Gasteiger partial charge >= 0.3 is 0 Å². The van der Waals surface area contributed by atoms with E-state index >= 15 is 0 Å². The number of hydrogen-bond acceptors (Lipinski definition) is 4. The van der Waals surface area contributed by atoms with E-state index in [0.717, 1.165) is 0 Å². The van der Waals surface area contributed by atoms with Gasteiger partial charge in [-0.2, -0.15) is 0 Å². The van der Waals surface area contributed by atoms with Gasteiger partial charge in [-0.05, 0) is 6.07 Å². The molecule has 1 aliphatic rings. The number of likely N-dealkylation sites (N-methyl/N-ethyl adjacent to an activating group) is 1. The van der Waals surface area contributed by atoms with Crippen LogP contribution in [0.25, 0.3) is 0 Å². The number of aromatic nitrogens is 1. The van der Waals surface area contributed by atoms with Crippen LogP contribution in [-0.2, 0) is 4.74 Å². The minimum Gasteiger partial charge on any atom is -0.388 e. The number of carbonyl (C=O) groups excluding carboxylic acids is 1. The second-order valence-corrected chi connectivity index (χ2v) is 4.94. The van der Waals surface area contributed by atoms with Gasteiger partial charge in [0.2, 0.25) is 5.56 Å². The SMILES string of the molecule is CN(CC1(O)CCOCC1)C(=O)c1cc[nH]c(=O)c1. The summed E-state index contributed by atoms with van der Waals surface area (Å²) in [4.78, 5) is 27.2. The number of nitrogens with zero attached hydrogens (tertiary/aromatic N) is 1. The van der Waals surface area contributed by atoms with Crippen LogP contribution < -0.4 is 5.56 Å². The van der Waals surface area contributed by atoms with Gasteiger partial charge in [-0.3, -0.25) is 9.59 Å². The van der Waals surface area contributed by atoms with Gasteiger partial charge in [0.05, 0.1) is 5.60 Å². The Morgan fingerprint density at radius 1 is 1.53 bits per heavy atom. The molecule has 1 fully saturated rings. The highest BCUT2D eigenvalue weighted by Gasteiger charge is 2.32. The van der Waals surface area contributed by atoms with Crippen LogP contribution in [0.1, 0.15) is 23.2 Å². The van der Waals surface area contributed by atoms with Crippen molar-refractivity contribution in [1.29, 1.82) is 0 Å². The molecule has 2 N–H and O–H groups in total. The van der Waals surface area contributed by atoms with Crippen LogP contribution >= 0.6 is 0 Å². The molecule has 0 bridgehead atoms. The van der Waals surface area contributed by atoms with Gasteiger partial charge in [0.1, 0.15) is 0 Å². The first kappa shape index (κ1) is 13.8. The standard InChI is InChI=1S/C13H18N2O4/c1-15(9-13(18)3-6-19-7-4-13)12(17)10-2-5-14-11(16)8-10/h2,5,8,18H,3-4,6-7,9H2,1H3,(H,14,16). The van der Waals surface area contributed by atoms with E-state index in [0.29, 0.717) is 31.6 Å². The van der Waals surface area contributed by atoms with E-state index in [4.69, 9.17) is 4.74 Å². The van der Waals surface area contributed by atoms with Crippen molar-refractivity contribution in [2.24, 2.45) is 0 Å². The first-order valence-electron chi connectivity index (χ1n) is 6.24. The Morgan fingerprint density at radius 2 is 2.21 bits per heavy atom. The smallest absolute Gasteiger partial charge is 0.253 e. The maximum atomic E-state index is 12.1. The van der Waals surface area contributed by atoms with Crippen molar-refractivity contribution < 1.29 is 14.6 Å². The number of aliphatic hydroxyl groups is 1. The van der Waals surface area contributed by atoms with Gasteiger partial charge in [-0.15, -0.1) is 0 Å². The van der Waals surface area contributed by atoms with E-state index in [9.17, 15) is 14.7 Å². The Bertz CT molecular complexity index is 505. The highest BCUT2D eigenvalue weighted by atomic mass is 16.5. The number of amides is 1. The average Bonchev–Trinajstić information content (AvgIpc) is 2.38. The van der Waals surface area contributed by atoms with Gasteiger partial charge in [0.25, 0.3) is 5.91 Å². The second kappa shape index (κ2) is 5.54. The fraction of sp³-hybridized carbons (Fsp3) is 0.538. The second-order valence-electron chi connectivity index (χ2n) is 4.94. The summed E-state index contributed by atoms with van der Waals surface area (Å²) in [5.41, 5.74) is -0.893. The van der Waals surface area contributed by atoms with Gasteiger partial charge in [0.15, 0.2) is 0 Å². The van der Waals surface area contributed by atoms with Crippen LogP contribution in [0.3, 0.4) is 0 Å². The van der Waals surface area contributed by atoms with Crippen LogP contribution in [0.2, 0.25) is 0 Å². The van der Waals surface area contributed by atoms with Gasteiger partial charge in [0, 0.05) is 57.5 Å². The fourth-order valence-corrected chi connectivity index (χ4v) is 2.22. The molecule has 0 aromatic carbocycles. The van der Waals surface area contributed by atoms with Crippen LogP contribution in [-0.4, -0.2) is 53.3 Å². The van der Waals surface area contributed by atoms with Crippen LogP contribution in [0.5, 0.6) is 0 Å². The molecule has 0 aliphatic carbocycles. The lowest BCUT2D eigenvalue weighted by molar-refractivity contribution is -0.0734. The highest BCUT2D eigenvalue weighted by molar-refractivity contribution is 5.93. The van der Waals surface area contributed by atoms with Crippen molar-refractivity contribution in [3.8, 4) is 0 Å². The predicted octanol–water partition coefficient (Wildman–Crippen LogP) is -0.0116. The lowest BCUT2D eigenvalue weighted by Gasteiger charge is -2.35. The molecule has 0 unspecified atom stereocenters. The lowest BCUT2D eigenvalue weighted by atomic mass is 9.94. The van der Waals surface area contributed by atoms with Crippen LogP contribution in [0, 0.1) is 0 Å². The van der Waals surface area contributed by atoms with E-state index < -0.39 is 5.60 Å². The fourth-order valence-electron chi connectivity index (χ4n) is 2.22. The van der Waals surface area contributed by atoms with Crippen molar-refractivity contribution in [1.82, 2.24) is 9.88 Å². The summed E-state index contributed by atoms with van der Waals surface area (Å²) in [6.07, 6.45) is 2.46.